The number of likely N-dealkylation sites (N-methyl/N-ethyl adjacent to an activating group) is 1. The van der Waals surface area contributed by atoms with Crippen molar-refractivity contribution in [1.29, 1.82) is 0 Å². The van der Waals surface area contributed by atoms with Crippen LogP contribution in [-0.2, 0) is 6.54 Å². The molecule has 4 heteroatoms. The second-order valence-electron chi connectivity index (χ2n) is 4.23. The van der Waals surface area contributed by atoms with Gasteiger partial charge in [-0.3, -0.25) is 0 Å². The number of hydrogen-bond acceptors (Lipinski definition) is 3. The molecule has 3 nitrogen and oxygen atoms in total. The molecule has 0 atom stereocenters. The maximum absolute atomic E-state index is 5.82. The van der Waals surface area contributed by atoms with E-state index in [0.29, 0.717) is 6.54 Å². The quantitative estimate of drug-likeness (QED) is 0.896. The summed E-state index contributed by atoms with van der Waals surface area (Å²) in [6, 6.07) is 6.30. The molecule has 0 bridgehead atoms. The number of rotatable bonds is 2. The lowest BCUT2D eigenvalue weighted by molar-refractivity contribution is 0.312. The van der Waals surface area contributed by atoms with Crippen molar-refractivity contribution in [2.45, 2.75) is 6.54 Å². The van der Waals surface area contributed by atoms with E-state index < -0.39 is 0 Å². The Bertz CT molecular complexity index is 359. The normalized spacial score (nSPS) is 17.8. The Morgan fingerprint density at radius 2 is 1.94 bits per heavy atom. The predicted molar refractivity (Wildman–Crippen MR) is 71.7 cm³/mol. The minimum absolute atomic E-state index is 0.586. The van der Waals surface area contributed by atoms with Crippen LogP contribution in [-0.4, -0.2) is 38.1 Å². The summed E-state index contributed by atoms with van der Waals surface area (Å²) in [6.07, 6.45) is 0. The molecule has 1 fully saturated rings. The van der Waals surface area contributed by atoms with Crippen LogP contribution in [0.5, 0.6) is 0 Å². The molecule has 2 rings (SSSR count). The first-order chi connectivity index (χ1) is 7.72. The molecule has 1 aromatic carbocycles. The molecular weight excluding hydrogens is 266 g/mol. The predicted octanol–water partition coefficient (Wildman–Crippen LogP) is 1.66. The van der Waals surface area contributed by atoms with E-state index >= 15 is 0 Å². The first-order valence-corrected chi connectivity index (χ1v) is 6.42. The second-order valence-corrected chi connectivity index (χ2v) is 5.09. The Balaban J connectivity index is 2.23. The number of hydrogen-bond donors (Lipinski definition) is 1. The fourth-order valence-electron chi connectivity index (χ4n) is 2.09. The van der Waals surface area contributed by atoms with E-state index in [1.165, 1.54) is 11.3 Å². The highest BCUT2D eigenvalue weighted by molar-refractivity contribution is 9.10. The van der Waals surface area contributed by atoms with E-state index in [9.17, 15) is 0 Å². The van der Waals surface area contributed by atoms with Crippen LogP contribution in [0.15, 0.2) is 22.7 Å². The van der Waals surface area contributed by atoms with Crippen LogP contribution in [0, 0.1) is 0 Å². The van der Waals surface area contributed by atoms with Crippen molar-refractivity contribution in [2.75, 3.05) is 38.1 Å². The fourth-order valence-corrected chi connectivity index (χ4v) is 2.61. The zero-order valence-corrected chi connectivity index (χ0v) is 11.2. The number of nitrogens with two attached hydrogens (primary N) is 1. The van der Waals surface area contributed by atoms with Crippen LogP contribution in [0.3, 0.4) is 0 Å². The Labute approximate surface area is 105 Å². The van der Waals surface area contributed by atoms with Gasteiger partial charge in [-0.05, 0) is 19.2 Å². The maximum atomic E-state index is 5.82. The van der Waals surface area contributed by atoms with Gasteiger partial charge in [0, 0.05) is 48.4 Å². The summed E-state index contributed by atoms with van der Waals surface area (Å²) >= 11 is 3.57. The monoisotopic (exact) mass is 283 g/mol. The van der Waals surface area contributed by atoms with Crippen molar-refractivity contribution in [3.05, 3.63) is 28.2 Å². The Kier molecular flexibility index (Phi) is 3.84. The molecule has 0 aromatic heterocycles. The first-order valence-electron chi connectivity index (χ1n) is 5.63. The first kappa shape index (κ1) is 11.9. The molecule has 88 valence electrons. The van der Waals surface area contributed by atoms with Crippen LogP contribution in [0.25, 0.3) is 0 Å². The summed E-state index contributed by atoms with van der Waals surface area (Å²) in [6.45, 7) is 5.00. The van der Waals surface area contributed by atoms with Gasteiger partial charge in [0.2, 0.25) is 0 Å². The Hall–Kier alpha value is -0.580. The third-order valence-electron chi connectivity index (χ3n) is 3.14. The number of benzene rings is 1. The lowest BCUT2D eigenvalue weighted by Crippen LogP contribution is -2.44. The molecule has 1 aromatic rings. The van der Waals surface area contributed by atoms with Crippen LogP contribution in [0.4, 0.5) is 5.69 Å². The topological polar surface area (TPSA) is 32.5 Å². The molecule has 0 spiro atoms. The van der Waals surface area contributed by atoms with Crippen molar-refractivity contribution in [3.8, 4) is 0 Å². The molecule has 2 N–H and O–H groups in total. The van der Waals surface area contributed by atoms with E-state index in [1.807, 2.05) is 0 Å². The van der Waals surface area contributed by atoms with Crippen LogP contribution < -0.4 is 10.6 Å². The van der Waals surface area contributed by atoms with E-state index in [1.54, 1.807) is 0 Å². The Morgan fingerprint density at radius 3 is 2.56 bits per heavy atom. The highest BCUT2D eigenvalue weighted by Gasteiger charge is 2.17. The lowest BCUT2D eigenvalue weighted by Gasteiger charge is -2.35. The zero-order chi connectivity index (χ0) is 11.5. The van der Waals surface area contributed by atoms with Gasteiger partial charge in [-0.15, -0.1) is 0 Å². The van der Waals surface area contributed by atoms with Gasteiger partial charge in [-0.2, -0.15) is 0 Å². The largest absolute Gasteiger partial charge is 0.369 e. The van der Waals surface area contributed by atoms with E-state index in [2.05, 4.69) is 51.0 Å². The highest BCUT2D eigenvalue weighted by atomic mass is 79.9. The molecular formula is C12H18BrN3. The van der Waals surface area contributed by atoms with E-state index in [-0.39, 0.29) is 0 Å². The number of piperazine rings is 1. The smallest absolute Gasteiger partial charge is 0.0424 e. The van der Waals surface area contributed by atoms with Gasteiger partial charge in [0.05, 0.1) is 0 Å². The molecule has 1 saturated heterocycles. The summed E-state index contributed by atoms with van der Waals surface area (Å²) in [5.41, 5.74) is 8.32. The van der Waals surface area contributed by atoms with Crippen LogP contribution in [0.2, 0.25) is 0 Å². The minimum atomic E-state index is 0.586. The van der Waals surface area contributed by atoms with Crippen molar-refractivity contribution < 1.29 is 0 Å². The third-order valence-corrected chi connectivity index (χ3v) is 3.89. The lowest BCUT2D eigenvalue weighted by atomic mass is 10.1. The van der Waals surface area contributed by atoms with Crippen LogP contribution >= 0.6 is 15.9 Å². The van der Waals surface area contributed by atoms with Gasteiger partial charge in [0.1, 0.15) is 0 Å². The summed E-state index contributed by atoms with van der Waals surface area (Å²) in [7, 11) is 2.17. The third kappa shape index (κ3) is 2.39. The van der Waals surface area contributed by atoms with E-state index in [0.717, 1.165) is 30.7 Å². The molecule has 0 aliphatic carbocycles. The fraction of sp³-hybridized carbons (Fsp3) is 0.500. The number of halogens is 1. The molecule has 0 saturated carbocycles. The average Bonchev–Trinajstić information content (AvgIpc) is 2.30. The summed E-state index contributed by atoms with van der Waals surface area (Å²) in [5, 5.41) is 0. The molecule has 0 radical (unpaired) electrons. The standard InChI is InChI=1S/C12H18BrN3/c1-15-5-7-16(8-6-15)12-4-2-3-11(13)10(12)9-14/h2-4H,5-9,14H2,1H3. The van der Waals surface area contributed by atoms with Gasteiger partial charge in [0.15, 0.2) is 0 Å². The molecule has 1 aliphatic heterocycles. The SMILES string of the molecule is CN1CCN(c2cccc(Br)c2CN)CC1. The summed E-state index contributed by atoms with van der Waals surface area (Å²) in [5.74, 6) is 0. The highest BCUT2D eigenvalue weighted by Crippen LogP contribution is 2.28. The molecule has 0 unspecified atom stereocenters. The maximum Gasteiger partial charge on any atom is 0.0424 e. The second kappa shape index (κ2) is 5.17. The molecule has 16 heavy (non-hydrogen) atoms. The van der Waals surface area contributed by atoms with Gasteiger partial charge >= 0.3 is 0 Å². The van der Waals surface area contributed by atoms with Crippen molar-refractivity contribution in [1.82, 2.24) is 4.90 Å². The Morgan fingerprint density at radius 1 is 1.25 bits per heavy atom. The molecule has 1 aliphatic rings. The summed E-state index contributed by atoms with van der Waals surface area (Å²) < 4.78 is 1.12. The zero-order valence-electron chi connectivity index (χ0n) is 9.62. The van der Waals surface area contributed by atoms with Crippen molar-refractivity contribution in [3.63, 3.8) is 0 Å². The minimum Gasteiger partial charge on any atom is -0.369 e. The van der Waals surface area contributed by atoms with Crippen molar-refractivity contribution in [2.24, 2.45) is 5.73 Å². The van der Waals surface area contributed by atoms with Gasteiger partial charge in [-0.25, -0.2) is 0 Å². The van der Waals surface area contributed by atoms with Gasteiger partial charge in [0.25, 0.3) is 0 Å². The van der Waals surface area contributed by atoms with Gasteiger partial charge in [-0.1, -0.05) is 22.0 Å². The average molecular weight is 284 g/mol. The molecule has 1 heterocycles. The van der Waals surface area contributed by atoms with Gasteiger partial charge < -0.3 is 15.5 Å². The molecule has 0 amide bonds. The van der Waals surface area contributed by atoms with Crippen molar-refractivity contribution >= 4 is 21.6 Å². The van der Waals surface area contributed by atoms with E-state index in [4.69, 9.17) is 5.73 Å². The number of anilines is 1. The number of nitrogens with zero attached hydrogens (tertiary/aromatic N) is 2. The van der Waals surface area contributed by atoms with Crippen LogP contribution in [0.1, 0.15) is 5.56 Å². The summed E-state index contributed by atoms with van der Waals surface area (Å²) in [4.78, 5) is 4.78.